The molecule has 15 heavy (non-hydrogen) atoms. The van der Waals surface area contributed by atoms with Crippen molar-refractivity contribution in [3.8, 4) is 0 Å². The molecule has 90 valence electrons. The molecule has 1 rings (SSSR count). The van der Waals surface area contributed by atoms with E-state index in [0.29, 0.717) is 10.8 Å². The van der Waals surface area contributed by atoms with Crippen molar-refractivity contribution in [2.75, 3.05) is 0 Å². The Morgan fingerprint density at radius 2 is 1.27 bits per heavy atom. The van der Waals surface area contributed by atoms with E-state index in [1.807, 2.05) is 0 Å². The van der Waals surface area contributed by atoms with Gasteiger partial charge in [-0.2, -0.15) is 0 Å². The van der Waals surface area contributed by atoms with E-state index in [0.717, 1.165) is 11.1 Å². The molecular weight excluding hydrogens is 196 g/mol. The highest BCUT2D eigenvalue weighted by atomic mass is 28.2. The highest BCUT2D eigenvalue weighted by Gasteiger charge is 2.36. The minimum Gasteiger partial charge on any atom is -0.0602 e. The fraction of sp³-hybridized carbons (Fsp3) is 1.00. The average molecular weight is 226 g/mol. The summed E-state index contributed by atoms with van der Waals surface area (Å²) in [6.07, 6.45) is 6.13. The van der Waals surface area contributed by atoms with Gasteiger partial charge in [-0.3, -0.25) is 0 Å². The van der Waals surface area contributed by atoms with E-state index in [-0.39, 0.29) is 9.52 Å². The van der Waals surface area contributed by atoms with Gasteiger partial charge >= 0.3 is 0 Å². The van der Waals surface area contributed by atoms with Gasteiger partial charge in [0.05, 0.1) is 0 Å². The van der Waals surface area contributed by atoms with Crippen molar-refractivity contribution in [3.63, 3.8) is 0 Å². The molecule has 0 aromatic rings. The van der Waals surface area contributed by atoms with E-state index in [9.17, 15) is 0 Å². The van der Waals surface area contributed by atoms with Crippen LogP contribution in [0.3, 0.4) is 0 Å². The summed E-state index contributed by atoms with van der Waals surface area (Å²) in [5.41, 5.74) is 3.20. The molecule has 0 bridgehead atoms. The van der Waals surface area contributed by atoms with Crippen LogP contribution in [-0.4, -0.2) is 9.52 Å². The Labute approximate surface area is 99.1 Å². The second-order valence-electron chi connectivity index (χ2n) is 7.67. The Bertz CT molecular complexity index is 174. The minimum absolute atomic E-state index is 0.0934. The summed E-state index contributed by atoms with van der Waals surface area (Å²) in [5, 5.41) is 0. The largest absolute Gasteiger partial charge is 0.0602 e. The number of rotatable bonds is 2. The third-order valence-electron chi connectivity index (χ3n) is 4.13. The molecule has 1 heteroatoms. The number of hydrogen-bond donors (Lipinski definition) is 0. The average Bonchev–Trinajstić information content (AvgIpc) is 2.46. The first-order chi connectivity index (χ1) is 6.71. The van der Waals surface area contributed by atoms with Crippen molar-refractivity contribution in [1.29, 1.82) is 0 Å². The van der Waals surface area contributed by atoms with Gasteiger partial charge in [0.2, 0.25) is 0 Å². The first-order valence-electron chi connectivity index (χ1n) is 6.71. The summed E-state index contributed by atoms with van der Waals surface area (Å²) < 4.78 is 0. The molecule has 0 saturated heterocycles. The van der Waals surface area contributed by atoms with Gasteiger partial charge in [0.25, 0.3) is 0 Å². The molecule has 0 amide bonds. The molecule has 1 aliphatic rings. The Kier molecular flexibility index (Phi) is 4.08. The monoisotopic (exact) mass is 226 g/mol. The Balaban J connectivity index is 2.65. The lowest BCUT2D eigenvalue weighted by atomic mass is 9.77. The smallest absolute Gasteiger partial charge is 0.0277 e. The molecular formula is C14H30Si. The fourth-order valence-corrected chi connectivity index (χ4v) is 6.72. The molecule has 1 saturated carbocycles. The van der Waals surface area contributed by atoms with Crippen LogP contribution in [0, 0.1) is 10.8 Å². The van der Waals surface area contributed by atoms with Crippen LogP contribution in [0.25, 0.3) is 0 Å². The van der Waals surface area contributed by atoms with Gasteiger partial charge in [-0.15, -0.1) is 0 Å². The summed E-state index contributed by atoms with van der Waals surface area (Å²) in [6, 6.07) is 0. The van der Waals surface area contributed by atoms with Crippen molar-refractivity contribution in [2.24, 2.45) is 10.8 Å². The van der Waals surface area contributed by atoms with E-state index in [1.165, 1.54) is 12.8 Å². The van der Waals surface area contributed by atoms with Gasteiger partial charge in [0.1, 0.15) is 0 Å². The van der Waals surface area contributed by atoms with Gasteiger partial charge in [0.15, 0.2) is 0 Å². The maximum atomic E-state index is 2.45. The molecule has 0 aromatic heterocycles. The molecule has 0 N–H and O–H groups in total. The normalized spacial score (nSPS) is 21.0. The molecule has 1 aliphatic carbocycles. The highest BCUT2D eigenvalue weighted by molar-refractivity contribution is 6.40. The zero-order valence-electron chi connectivity index (χ0n) is 11.7. The lowest BCUT2D eigenvalue weighted by molar-refractivity contribution is 0.230. The Morgan fingerprint density at radius 3 is 1.60 bits per heavy atom. The maximum absolute atomic E-state index is 2.45. The highest BCUT2D eigenvalue weighted by Crippen LogP contribution is 2.48. The van der Waals surface area contributed by atoms with Crippen LogP contribution < -0.4 is 0 Å². The third kappa shape index (κ3) is 3.94. The van der Waals surface area contributed by atoms with Crippen molar-refractivity contribution < 1.29 is 0 Å². The van der Waals surface area contributed by atoms with Crippen LogP contribution in [0.1, 0.15) is 67.2 Å². The minimum atomic E-state index is 0.0934. The van der Waals surface area contributed by atoms with E-state index < -0.39 is 0 Å². The van der Waals surface area contributed by atoms with Crippen LogP contribution in [0.15, 0.2) is 0 Å². The van der Waals surface area contributed by atoms with Crippen LogP contribution in [0.2, 0.25) is 11.1 Å². The molecule has 0 heterocycles. The van der Waals surface area contributed by atoms with Crippen LogP contribution in [-0.2, 0) is 0 Å². The zero-order chi connectivity index (χ0) is 11.7. The summed E-state index contributed by atoms with van der Waals surface area (Å²) in [5.74, 6) is 0. The van der Waals surface area contributed by atoms with Gasteiger partial charge in [-0.1, -0.05) is 72.8 Å². The fourth-order valence-electron chi connectivity index (χ4n) is 3.59. The van der Waals surface area contributed by atoms with E-state index in [1.54, 1.807) is 12.8 Å². The van der Waals surface area contributed by atoms with Crippen LogP contribution in [0.5, 0.6) is 0 Å². The van der Waals surface area contributed by atoms with E-state index >= 15 is 0 Å². The molecule has 0 radical (unpaired) electrons. The molecule has 0 spiro atoms. The third-order valence-corrected chi connectivity index (χ3v) is 8.54. The summed E-state index contributed by atoms with van der Waals surface area (Å²) in [6.45, 7) is 14.7. The predicted octanol–water partition coefficient (Wildman–Crippen LogP) is 4.40. The van der Waals surface area contributed by atoms with Crippen LogP contribution in [0.4, 0.5) is 0 Å². The molecule has 0 unspecified atom stereocenters. The van der Waals surface area contributed by atoms with Crippen molar-refractivity contribution in [1.82, 2.24) is 0 Å². The van der Waals surface area contributed by atoms with Crippen molar-refractivity contribution in [2.45, 2.75) is 78.3 Å². The van der Waals surface area contributed by atoms with Crippen molar-refractivity contribution in [3.05, 3.63) is 0 Å². The molecule has 0 aromatic carbocycles. The SMILES string of the molecule is CC(C)(C)C([SiH2]C1CCCC1)C(C)(C)C. The number of hydrogen-bond acceptors (Lipinski definition) is 0. The lowest BCUT2D eigenvalue weighted by Gasteiger charge is -2.42. The molecule has 0 atom stereocenters. The van der Waals surface area contributed by atoms with Crippen molar-refractivity contribution >= 4 is 9.52 Å². The van der Waals surface area contributed by atoms with Crippen LogP contribution >= 0.6 is 0 Å². The van der Waals surface area contributed by atoms with Gasteiger partial charge < -0.3 is 0 Å². The summed E-state index contributed by atoms with van der Waals surface area (Å²) in [4.78, 5) is 0. The Hall–Kier alpha value is 0.217. The van der Waals surface area contributed by atoms with E-state index in [4.69, 9.17) is 0 Å². The van der Waals surface area contributed by atoms with Gasteiger partial charge in [0, 0.05) is 9.52 Å². The molecule has 1 fully saturated rings. The molecule has 0 aliphatic heterocycles. The summed E-state index contributed by atoms with van der Waals surface area (Å²) in [7, 11) is 0.0934. The van der Waals surface area contributed by atoms with Gasteiger partial charge in [-0.25, -0.2) is 0 Å². The quantitative estimate of drug-likeness (QED) is 0.612. The first-order valence-corrected chi connectivity index (χ1v) is 8.34. The zero-order valence-corrected chi connectivity index (χ0v) is 13.1. The second-order valence-corrected chi connectivity index (χ2v) is 10.1. The lowest BCUT2D eigenvalue weighted by Crippen LogP contribution is -2.33. The first kappa shape index (κ1) is 13.3. The van der Waals surface area contributed by atoms with Gasteiger partial charge in [-0.05, 0) is 16.4 Å². The predicted molar refractivity (Wildman–Crippen MR) is 73.4 cm³/mol. The standard InChI is InChI=1S/C14H30Si/c1-13(2,3)12(14(4,5)6)15-11-9-7-8-10-11/h11-12H,7-10,15H2,1-6H3. The topological polar surface area (TPSA) is 0 Å². The summed E-state index contributed by atoms with van der Waals surface area (Å²) >= 11 is 0. The van der Waals surface area contributed by atoms with E-state index in [2.05, 4.69) is 41.5 Å². The molecule has 0 nitrogen and oxygen atoms in total. The Morgan fingerprint density at radius 1 is 0.867 bits per heavy atom. The second kappa shape index (κ2) is 4.61. The maximum Gasteiger partial charge on any atom is 0.0277 e.